The summed E-state index contributed by atoms with van der Waals surface area (Å²) in [6.07, 6.45) is 2.87. The molecule has 2 aromatic rings. The summed E-state index contributed by atoms with van der Waals surface area (Å²) in [7, 11) is 0. The first-order valence-electron chi connectivity index (χ1n) is 7.02. The highest BCUT2D eigenvalue weighted by atomic mass is 32.1. The molecule has 0 aliphatic carbocycles. The molecule has 20 heavy (non-hydrogen) atoms. The second-order valence-electron chi connectivity index (χ2n) is 5.11. The number of aromatic nitrogens is 2. The molecular weight excluding hydrogens is 268 g/mol. The van der Waals surface area contributed by atoms with E-state index in [4.69, 9.17) is 5.73 Å². The van der Waals surface area contributed by atoms with E-state index in [0.29, 0.717) is 11.9 Å². The SMILES string of the molecule is CCCc1nc(N)cc(NC(C)Cc2ccc(C)s2)n1. The zero-order valence-corrected chi connectivity index (χ0v) is 13.1. The van der Waals surface area contributed by atoms with Crippen LogP contribution in [0.3, 0.4) is 0 Å². The summed E-state index contributed by atoms with van der Waals surface area (Å²) in [5, 5.41) is 3.41. The lowest BCUT2D eigenvalue weighted by Gasteiger charge is -2.14. The molecule has 0 radical (unpaired) electrons. The average molecular weight is 290 g/mol. The number of hydrogen-bond acceptors (Lipinski definition) is 5. The zero-order chi connectivity index (χ0) is 14.5. The Kier molecular flexibility index (Phi) is 4.95. The van der Waals surface area contributed by atoms with Crippen LogP contribution in [0.1, 0.15) is 35.8 Å². The van der Waals surface area contributed by atoms with Crippen LogP contribution in [0.4, 0.5) is 11.6 Å². The molecule has 0 spiro atoms. The molecule has 0 saturated carbocycles. The van der Waals surface area contributed by atoms with E-state index in [-0.39, 0.29) is 0 Å². The first kappa shape index (κ1) is 14.8. The fourth-order valence-corrected chi connectivity index (χ4v) is 3.15. The number of rotatable bonds is 6. The van der Waals surface area contributed by atoms with Gasteiger partial charge >= 0.3 is 0 Å². The summed E-state index contributed by atoms with van der Waals surface area (Å²) in [5.41, 5.74) is 5.83. The summed E-state index contributed by atoms with van der Waals surface area (Å²) in [4.78, 5) is 11.5. The number of nitrogens with one attached hydrogen (secondary N) is 1. The van der Waals surface area contributed by atoms with Gasteiger partial charge in [0.1, 0.15) is 17.5 Å². The third kappa shape index (κ3) is 4.20. The van der Waals surface area contributed by atoms with E-state index in [2.05, 4.69) is 48.2 Å². The molecule has 0 fully saturated rings. The van der Waals surface area contributed by atoms with Crippen molar-refractivity contribution in [1.82, 2.24) is 9.97 Å². The lowest BCUT2D eigenvalue weighted by Crippen LogP contribution is -2.19. The van der Waals surface area contributed by atoms with E-state index in [0.717, 1.165) is 30.9 Å². The van der Waals surface area contributed by atoms with Crippen LogP contribution in [0, 0.1) is 6.92 Å². The van der Waals surface area contributed by atoms with Crippen molar-refractivity contribution in [2.45, 2.75) is 46.1 Å². The quantitative estimate of drug-likeness (QED) is 0.855. The van der Waals surface area contributed by atoms with Crippen LogP contribution in [0.5, 0.6) is 0 Å². The topological polar surface area (TPSA) is 63.8 Å². The predicted molar refractivity (Wildman–Crippen MR) is 86.3 cm³/mol. The van der Waals surface area contributed by atoms with Crippen molar-refractivity contribution in [2.75, 3.05) is 11.1 Å². The van der Waals surface area contributed by atoms with Crippen LogP contribution in [0.2, 0.25) is 0 Å². The van der Waals surface area contributed by atoms with Gasteiger partial charge in [0.05, 0.1) is 0 Å². The van der Waals surface area contributed by atoms with Gasteiger partial charge in [-0.2, -0.15) is 0 Å². The van der Waals surface area contributed by atoms with Gasteiger partial charge in [-0.25, -0.2) is 9.97 Å². The van der Waals surface area contributed by atoms with Gasteiger partial charge in [0, 0.05) is 34.7 Å². The van der Waals surface area contributed by atoms with Crippen molar-refractivity contribution >= 4 is 23.0 Å². The van der Waals surface area contributed by atoms with Gasteiger partial charge in [0.25, 0.3) is 0 Å². The molecule has 3 N–H and O–H groups in total. The Hall–Kier alpha value is -1.62. The van der Waals surface area contributed by atoms with E-state index in [1.54, 1.807) is 6.07 Å². The standard InChI is InChI=1S/C15H22N4S/c1-4-5-14-18-13(16)9-15(19-14)17-10(2)8-12-7-6-11(3)20-12/h6-7,9-10H,4-5,8H2,1-3H3,(H3,16,17,18,19). The maximum Gasteiger partial charge on any atom is 0.133 e. The van der Waals surface area contributed by atoms with Crippen molar-refractivity contribution in [1.29, 1.82) is 0 Å². The fraction of sp³-hybridized carbons (Fsp3) is 0.467. The minimum Gasteiger partial charge on any atom is -0.384 e. The summed E-state index contributed by atoms with van der Waals surface area (Å²) < 4.78 is 0. The Labute approximate surface area is 124 Å². The Morgan fingerprint density at radius 1 is 1.35 bits per heavy atom. The van der Waals surface area contributed by atoms with E-state index < -0.39 is 0 Å². The second-order valence-corrected chi connectivity index (χ2v) is 6.48. The second kappa shape index (κ2) is 6.70. The van der Waals surface area contributed by atoms with Crippen molar-refractivity contribution in [2.24, 2.45) is 0 Å². The minimum absolute atomic E-state index is 0.317. The Balaban J connectivity index is 2.01. The zero-order valence-electron chi connectivity index (χ0n) is 12.3. The maximum absolute atomic E-state index is 5.83. The first-order valence-corrected chi connectivity index (χ1v) is 7.83. The highest BCUT2D eigenvalue weighted by molar-refractivity contribution is 7.11. The Bertz CT molecular complexity index is 565. The summed E-state index contributed by atoms with van der Waals surface area (Å²) in [6, 6.07) is 6.47. The number of nitrogens with zero attached hydrogens (tertiary/aromatic N) is 2. The van der Waals surface area contributed by atoms with Crippen molar-refractivity contribution in [3.63, 3.8) is 0 Å². The number of nitrogen functional groups attached to an aromatic ring is 1. The number of anilines is 2. The smallest absolute Gasteiger partial charge is 0.133 e. The highest BCUT2D eigenvalue weighted by Gasteiger charge is 2.08. The largest absolute Gasteiger partial charge is 0.384 e. The third-order valence-corrected chi connectivity index (χ3v) is 3.99. The third-order valence-electron chi connectivity index (χ3n) is 2.96. The number of hydrogen-bond donors (Lipinski definition) is 2. The van der Waals surface area contributed by atoms with Gasteiger partial charge in [-0.1, -0.05) is 6.92 Å². The van der Waals surface area contributed by atoms with Crippen LogP contribution in [-0.2, 0) is 12.8 Å². The van der Waals surface area contributed by atoms with Gasteiger partial charge in [0.15, 0.2) is 0 Å². The molecule has 0 aromatic carbocycles. The molecule has 0 amide bonds. The molecule has 0 aliphatic rings. The molecule has 0 aliphatic heterocycles. The van der Waals surface area contributed by atoms with Gasteiger partial charge in [0.2, 0.25) is 0 Å². The molecule has 108 valence electrons. The molecule has 2 rings (SSSR count). The minimum atomic E-state index is 0.317. The van der Waals surface area contributed by atoms with Crippen molar-refractivity contribution in [3.8, 4) is 0 Å². The predicted octanol–water partition coefficient (Wildman–Crippen LogP) is 3.42. The van der Waals surface area contributed by atoms with Crippen molar-refractivity contribution in [3.05, 3.63) is 33.8 Å². The number of thiophene rings is 1. The van der Waals surface area contributed by atoms with E-state index in [1.165, 1.54) is 9.75 Å². The molecule has 0 bridgehead atoms. The van der Waals surface area contributed by atoms with Crippen molar-refractivity contribution < 1.29 is 0 Å². The molecule has 0 saturated heterocycles. The molecule has 1 atom stereocenters. The monoisotopic (exact) mass is 290 g/mol. The molecular formula is C15H22N4S. The first-order chi connectivity index (χ1) is 9.56. The fourth-order valence-electron chi connectivity index (χ4n) is 2.13. The molecule has 1 unspecified atom stereocenters. The van der Waals surface area contributed by atoms with Crippen LogP contribution in [0.25, 0.3) is 0 Å². The lowest BCUT2D eigenvalue weighted by molar-refractivity contribution is 0.782. The molecule has 2 aromatic heterocycles. The Morgan fingerprint density at radius 3 is 2.80 bits per heavy atom. The van der Waals surface area contributed by atoms with Crippen LogP contribution in [-0.4, -0.2) is 16.0 Å². The average Bonchev–Trinajstić information content (AvgIpc) is 2.74. The highest BCUT2D eigenvalue weighted by Crippen LogP contribution is 2.18. The van der Waals surface area contributed by atoms with Gasteiger partial charge in [-0.3, -0.25) is 0 Å². The van der Waals surface area contributed by atoms with E-state index in [1.807, 2.05) is 11.3 Å². The Morgan fingerprint density at radius 2 is 2.15 bits per heavy atom. The number of aryl methyl sites for hydroxylation is 2. The van der Waals surface area contributed by atoms with Gasteiger partial charge in [-0.05, 0) is 32.4 Å². The van der Waals surface area contributed by atoms with Crippen LogP contribution in [0.15, 0.2) is 18.2 Å². The molecule has 5 heteroatoms. The summed E-state index contributed by atoms with van der Waals surface area (Å²) >= 11 is 1.84. The normalized spacial score (nSPS) is 12.3. The van der Waals surface area contributed by atoms with Crippen LogP contribution < -0.4 is 11.1 Å². The maximum atomic E-state index is 5.83. The lowest BCUT2D eigenvalue weighted by atomic mass is 10.2. The summed E-state index contributed by atoms with van der Waals surface area (Å²) in [5.74, 6) is 2.17. The van der Waals surface area contributed by atoms with Gasteiger partial charge < -0.3 is 11.1 Å². The van der Waals surface area contributed by atoms with Gasteiger partial charge in [-0.15, -0.1) is 11.3 Å². The van der Waals surface area contributed by atoms with E-state index >= 15 is 0 Å². The molecule has 2 heterocycles. The van der Waals surface area contributed by atoms with Crippen LogP contribution >= 0.6 is 11.3 Å². The number of nitrogens with two attached hydrogens (primary N) is 1. The van der Waals surface area contributed by atoms with E-state index in [9.17, 15) is 0 Å². The molecule has 4 nitrogen and oxygen atoms in total. The summed E-state index contributed by atoms with van der Waals surface area (Å²) in [6.45, 7) is 6.41.